The van der Waals surface area contributed by atoms with Crippen molar-refractivity contribution in [3.05, 3.63) is 11.2 Å². The lowest BCUT2D eigenvalue weighted by Crippen LogP contribution is -2.33. The van der Waals surface area contributed by atoms with Crippen LogP contribution in [0.1, 0.15) is 20.3 Å². The van der Waals surface area contributed by atoms with E-state index in [1.807, 2.05) is 0 Å². The fourth-order valence-electron chi connectivity index (χ4n) is 1.30. The lowest BCUT2D eigenvalue weighted by molar-refractivity contribution is -0.124. The minimum Gasteiger partial charge on any atom is -0.481 e. The van der Waals surface area contributed by atoms with E-state index in [0.717, 1.165) is 0 Å². The van der Waals surface area contributed by atoms with Crippen LogP contribution in [0.25, 0.3) is 0 Å². The number of nitrogens with zero attached hydrogens (tertiary/aromatic N) is 2. The van der Waals surface area contributed by atoms with E-state index in [1.165, 1.54) is 13.2 Å². The van der Waals surface area contributed by atoms with E-state index >= 15 is 0 Å². The highest BCUT2D eigenvalue weighted by Gasteiger charge is 2.27. The molecule has 1 aromatic heterocycles. The number of rotatable bonds is 5. The summed E-state index contributed by atoms with van der Waals surface area (Å²) in [5.74, 6) is 0.202. The maximum absolute atomic E-state index is 12.0. The Labute approximate surface area is 111 Å². The van der Waals surface area contributed by atoms with Gasteiger partial charge >= 0.3 is 0 Å². The molecule has 0 spiro atoms. The van der Waals surface area contributed by atoms with Crippen LogP contribution >= 0.6 is 11.6 Å². The molecule has 0 atom stereocenters. The van der Waals surface area contributed by atoms with Gasteiger partial charge in [0, 0.05) is 11.5 Å². The number of anilines is 1. The van der Waals surface area contributed by atoms with Gasteiger partial charge in [-0.05, 0) is 13.0 Å². The molecule has 0 aliphatic rings. The van der Waals surface area contributed by atoms with Crippen molar-refractivity contribution < 1.29 is 9.53 Å². The Balaban J connectivity index is 2.84. The number of nitrogens with one attached hydrogen (secondary N) is 1. The Morgan fingerprint density at radius 1 is 1.56 bits per heavy atom. The number of carbonyl (C=O) groups excluding carboxylic acids is 1. The zero-order valence-corrected chi connectivity index (χ0v) is 11.4. The molecule has 0 aliphatic heterocycles. The number of amides is 1. The van der Waals surface area contributed by atoms with Gasteiger partial charge in [-0.3, -0.25) is 10.1 Å². The van der Waals surface area contributed by atoms with Gasteiger partial charge in [0.05, 0.1) is 7.11 Å². The molecule has 0 saturated heterocycles. The molecule has 0 fully saturated rings. The van der Waals surface area contributed by atoms with Crippen molar-refractivity contribution in [3.63, 3.8) is 0 Å². The molecule has 100 valence electrons. The predicted octanol–water partition coefficient (Wildman–Crippen LogP) is 1.45. The molecule has 1 aromatic rings. The third-order valence-corrected chi connectivity index (χ3v) is 2.68. The minimum absolute atomic E-state index is 0.120. The van der Waals surface area contributed by atoms with Gasteiger partial charge in [-0.15, -0.1) is 0 Å². The second kappa shape index (κ2) is 5.97. The summed E-state index contributed by atoms with van der Waals surface area (Å²) in [6, 6.07) is 1.46. The van der Waals surface area contributed by atoms with Crippen molar-refractivity contribution in [1.29, 1.82) is 0 Å². The Morgan fingerprint density at radius 3 is 2.78 bits per heavy atom. The summed E-state index contributed by atoms with van der Waals surface area (Å²) in [6.07, 6.45) is 0.566. The zero-order chi connectivity index (χ0) is 13.8. The predicted molar refractivity (Wildman–Crippen MR) is 69.7 cm³/mol. The fourth-order valence-corrected chi connectivity index (χ4v) is 1.48. The number of aromatic nitrogens is 2. The zero-order valence-electron chi connectivity index (χ0n) is 10.7. The van der Waals surface area contributed by atoms with Crippen LogP contribution in [0.2, 0.25) is 5.15 Å². The number of carbonyl (C=O) groups is 1. The highest BCUT2D eigenvalue weighted by Crippen LogP contribution is 2.22. The molecule has 1 heterocycles. The SMILES string of the molecule is COc1cc(Cl)nc(NC(=O)C(C)(C)CCN)n1. The molecule has 1 amide bonds. The van der Waals surface area contributed by atoms with E-state index in [2.05, 4.69) is 15.3 Å². The molecule has 0 bridgehead atoms. The van der Waals surface area contributed by atoms with Gasteiger partial charge in [0.1, 0.15) is 5.15 Å². The van der Waals surface area contributed by atoms with Crippen LogP contribution in [0.3, 0.4) is 0 Å². The minimum atomic E-state index is -0.590. The molecule has 1 rings (SSSR count). The van der Waals surface area contributed by atoms with E-state index < -0.39 is 5.41 Å². The molecule has 0 radical (unpaired) electrons. The average Bonchev–Trinajstić information content (AvgIpc) is 2.27. The van der Waals surface area contributed by atoms with Crippen molar-refractivity contribution in [2.24, 2.45) is 11.1 Å². The van der Waals surface area contributed by atoms with Gasteiger partial charge in [0.25, 0.3) is 0 Å². The Bertz CT molecular complexity index is 437. The smallest absolute Gasteiger partial charge is 0.234 e. The molecule has 0 unspecified atom stereocenters. The van der Waals surface area contributed by atoms with Crippen LogP contribution in [0.15, 0.2) is 6.07 Å². The second-order valence-electron chi connectivity index (χ2n) is 4.43. The van der Waals surface area contributed by atoms with E-state index in [-0.39, 0.29) is 17.0 Å². The van der Waals surface area contributed by atoms with Crippen LogP contribution in [0.5, 0.6) is 5.88 Å². The fraction of sp³-hybridized carbons (Fsp3) is 0.545. The highest BCUT2D eigenvalue weighted by atomic mass is 35.5. The summed E-state index contributed by atoms with van der Waals surface area (Å²) < 4.78 is 4.94. The summed E-state index contributed by atoms with van der Waals surface area (Å²) >= 11 is 5.79. The molecule has 6 nitrogen and oxygen atoms in total. The molecule has 0 aliphatic carbocycles. The van der Waals surface area contributed by atoms with Crippen LogP contribution in [-0.4, -0.2) is 29.5 Å². The van der Waals surface area contributed by atoms with E-state index in [4.69, 9.17) is 22.1 Å². The standard InChI is InChI=1S/C11H17ClN4O2/c1-11(2,4-5-13)9(17)16-10-14-7(12)6-8(15-10)18-3/h6H,4-5,13H2,1-3H3,(H,14,15,16,17). The number of nitrogens with two attached hydrogens (primary N) is 1. The second-order valence-corrected chi connectivity index (χ2v) is 4.82. The monoisotopic (exact) mass is 272 g/mol. The summed E-state index contributed by atoms with van der Waals surface area (Å²) in [5.41, 5.74) is 4.87. The summed E-state index contributed by atoms with van der Waals surface area (Å²) in [4.78, 5) is 19.9. The van der Waals surface area contributed by atoms with Crippen LogP contribution in [-0.2, 0) is 4.79 Å². The number of hydrogen-bond donors (Lipinski definition) is 2. The topological polar surface area (TPSA) is 90.1 Å². The van der Waals surface area contributed by atoms with Gasteiger partial charge in [0.15, 0.2) is 0 Å². The molecule has 0 saturated carbocycles. The maximum atomic E-state index is 12.0. The molecule has 3 N–H and O–H groups in total. The number of ether oxygens (including phenoxy) is 1. The average molecular weight is 273 g/mol. The molecular formula is C11H17ClN4O2. The van der Waals surface area contributed by atoms with E-state index in [1.54, 1.807) is 13.8 Å². The first-order valence-corrected chi connectivity index (χ1v) is 5.87. The summed E-state index contributed by atoms with van der Waals surface area (Å²) in [5, 5.41) is 2.80. The first-order chi connectivity index (χ1) is 8.39. The van der Waals surface area contributed by atoms with Crippen LogP contribution in [0, 0.1) is 5.41 Å². The Kier molecular flexibility index (Phi) is 4.86. The highest BCUT2D eigenvalue weighted by molar-refractivity contribution is 6.29. The van der Waals surface area contributed by atoms with Crippen molar-refractivity contribution in [2.45, 2.75) is 20.3 Å². The van der Waals surface area contributed by atoms with Crippen molar-refractivity contribution in [1.82, 2.24) is 9.97 Å². The normalized spacial score (nSPS) is 11.2. The van der Waals surface area contributed by atoms with Gasteiger partial charge < -0.3 is 10.5 Å². The Morgan fingerprint density at radius 2 is 2.22 bits per heavy atom. The van der Waals surface area contributed by atoms with Crippen molar-refractivity contribution in [3.8, 4) is 5.88 Å². The third kappa shape index (κ3) is 3.82. The van der Waals surface area contributed by atoms with E-state index in [9.17, 15) is 4.79 Å². The lowest BCUT2D eigenvalue weighted by atomic mass is 9.88. The molecule has 0 aromatic carbocycles. The summed E-state index contributed by atoms with van der Waals surface area (Å²) in [7, 11) is 1.46. The van der Waals surface area contributed by atoms with Gasteiger partial charge in [0.2, 0.25) is 17.7 Å². The van der Waals surface area contributed by atoms with Crippen molar-refractivity contribution >= 4 is 23.5 Å². The molecular weight excluding hydrogens is 256 g/mol. The van der Waals surface area contributed by atoms with Crippen LogP contribution in [0.4, 0.5) is 5.95 Å². The van der Waals surface area contributed by atoms with Gasteiger partial charge in [-0.2, -0.15) is 4.98 Å². The lowest BCUT2D eigenvalue weighted by Gasteiger charge is -2.22. The Hall–Kier alpha value is -1.40. The van der Waals surface area contributed by atoms with Gasteiger partial charge in [-0.25, -0.2) is 4.98 Å². The summed E-state index contributed by atoms with van der Waals surface area (Å²) in [6.45, 7) is 4.04. The largest absolute Gasteiger partial charge is 0.481 e. The first-order valence-electron chi connectivity index (χ1n) is 5.49. The number of halogens is 1. The van der Waals surface area contributed by atoms with E-state index in [0.29, 0.717) is 18.8 Å². The first kappa shape index (κ1) is 14.7. The van der Waals surface area contributed by atoms with Crippen molar-refractivity contribution in [2.75, 3.05) is 19.0 Å². The maximum Gasteiger partial charge on any atom is 0.234 e. The molecule has 18 heavy (non-hydrogen) atoms. The molecule has 7 heteroatoms. The van der Waals surface area contributed by atoms with Gasteiger partial charge in [-0.1, -0.05) is 25.4 Å². The number of methoxy groups -OCH3 is 1. The number of hydrogen-bond acceptors (Lipinski definition) is 5. The van der Waals surface area contributed by atoms with Crippen LogP contribution < -0.4 is 15.8 Å². The third-order valence-electron chi connectivity index (χ3n) is 2.49. The quantitative estimate of drug-likeness (QED) is 0.792.